The molecule has 0 fully saturated rings. The van der Waals surface area contributed by atoms with Crippen LogP contribution in [0.1, 0.15) is 47.0 Å². The Morgan fingerprint density at radius 1 is 1.48 bits per heavy atom. The number of hydrogen-bond donors (Lipinski definition) is 1. The highest BCUT2D eigenvalue weighted by atomic mass is 35.5. The third-order valence-electron chi connectivity index (χ3n) is 4.97. The fourth-order valence-corrected chi connectivity index (χ4v) is 5.15. The van der Waals surface area contributed by atoms with E-state index in [4.69, 9.17) is 11.6 Å². The Labute approximate surface area is 164 Å². The maximum Gasteiger partial charge on any atom is 0.292 e. The zero-order valence-corrected chi connectivity index (χ0v) is 16.9. The zero-order valence-electron chi connectivity index (χ0n) is 15.4. The van der Waals surface area contributed by atoms with Crippen LogP contribution >= 0.6 is 22.9 Å². The van der Waals surface area contributed by atoms with Crippen molar-refractivity contribution >= 4 is 39.1 Å². The third-order valence-corrected chi connectivity index (χ3v) is 6.39. The second kappa shape index (κ2) is 6.76. The van der Waals surface area contributed by atoms with E-state index in [1.165, 1.54) is 9.55 Å². The average molecular weight is 406 g/mol. The first-order chi connectivity index (χ1) is 12.9. The molecule has 9 heteroatoms. The Balaban J connectivity index is 1.77. The number of thiophene rings is 1. The first-order valence-corrected chi connectivity index (χ1v) is 10.2. The lowest BCUT2D eigenvalue weighted by molar-refractivity contribution is 0.100. The molecule has 0 spiro atoms. The SMILES string of the molecule is CCn1cc(Cl)c(C(=O)Nn2c(C)nc3sc4c(c3c2=O)CC[C@H](C)C4)n1. The van der Waals surface area contributed by atoms with Gasteiger partial charge in [-0.2, -0.15) is 5.10 Å². The highest BCUT2D eigenvalue weighted by Gasteiger charge is 2.25. The first kappa shape index (κ1) is 18.2. The molecule has 0 aromatic carbocycles. The van der Waals surface area contributed by atoms with E-state index < -0.39 is 5.91 Å². The Bertz CT molecular complexity index is 1110. The molecule has 0 saturated carbocycles. The standard InChI is InChI=1S/C18H20ClN5O2S/c1-4-23-8-12(19)15(21-23)16(25)22-24-10(3)20-17-14(18(24)26)11-6-5-9(2)7-13(11)27-17/h8-9H,4-7H2,1-3H3,(H,22,25)/t9-/m0/s1. The number of halogens is 1. The quantitative estimate of drug-likeness (QED) is 0.725. The first-order valence-electron chi connectivity index (χ1n) is 8.97. The van der Waals surface area contributed by atoms with Gasteiger partial charge in [0, 0.05) is 17.6 Å². The zero-order chi connectivity index (χ0) is 19.3. The van der Waals surface area contributed by atoms with Gasteiger partial charge in [-0.3, -0.25) is 19.7 Å². The molecule has 0 bridgehead atoms. The molecule has 3 heterocycles. The van der Waals surface area contributed by atoms with Gasteiger partial charge in [0.1, 0.15) is 10.7 Å². The van der Waals surface area contributed by atoms with Crippen LogP contribution in [0, 0.1) is 12.8 Å². The number of rotatable bonds is 3. The van der Waals surface area contributed by atoms with Crippen LogP contribution in [0.25, 0.3) is 10.2 Å². The van der Waals surface area contributed by atoms with Gasteiger partial charge in [0.2, 0.25) is 0 Å². The molecule has 4 rings (SSSR count). The van der Waals surface area contributed by atoms with Crippen molar-refractivity contribution < 1.29 is 4.79 Å². The summed E-state index contributed by atoms with van der Waals surface area (Å²) in [4.78, 5) is 32.3. The number of nitrogens with one attached hydrogen (secondary N) is 1. The number of amides is 1. The Morgan fingerprint density at radius 3 is 2.96 bits per heavy atom. The van der Waals surface area contributed by atoms with Crippen LogP contribution in [0.4, 0.5) is 0 Å². The molecule has 1 aliphatic carbocycles. The van der Waals surface area contributed by atoms with E-state index in [2.05, 4.69) is 22.4 Å². The van der Waals surface area contributed by atoms with Crippen molar-refractivity contribution in [3.05, 3.63) is 43.5 Å². The second-order valence-corrected chi connectivity index (χ2v) is 8.44. The Hall–Kier alpha value is -2.19. The van der Waals surface area contributed by atoms with Gasteiger partial charge in [0.15, 0.2) is 5.69 Å². The normalized spacial score (nSPS) is 16.5. The third kappa shape index (κ3) is 3.06. The molecular weight excluding hydrogens is 386 g/mol. The van der Waals surface area contributed by atoms with Crippen LogP contribution in [-0.4, -0.2) is 25.3 Å². The van der Waals surface area contributed by atoms with Gasteiger partial charge >= 0.3 is 0 Å². The largest absolute Gasteiger partial charge is 0.292 e. The molecule has 0 saturated heterocycles. The van der Waals surface area contributed by atoms with Crippen LogP contribution in [-0.2, 0) is 19.4 Å². The molecule has 0 unspecified atom stereocenters. The monoisotopic (exact) mass is 405 g/mol. The lowest BCUT2D eigenvalue weighted by Crippen LogP contribution is -2.36. The van der Waals surface area contributed by atoms with E-state index in [0.29, 0.717) is 23.7 Å². The number of aryl methyl sites for hydroxylation is 3. The Kier molecular flexibility index (Phi) is 4.55. The van der Waals surface area contributed by atoms with E-state index in [1.54, 1.807) is 29.1 Å². The van der Waals surface area contributed by atoms with Crippen LogP contribution in [0.2, 0.25) is 5.02 Å². The molecule has 142 valence electrons. The lowest BCUT2D eigenvalue weighted by Gasteiger charge is -2.17. The molecule has 27 heavy (non-hydrogen) atoms. The molecule has 0 radical (unpaired) electrons. The van der Waals surface area contributed by atoms with Crippen LogP contribution in [0.15, 0.2) is 11.0 Å². The van der Waals surface area contributed by atoms with Gasteiger partial charge in [-0.1, -0.05) is 18.5 Å². The molecule has 1 amide bonds. The highest BCUT2D eigenvalue weighted by Crippen LogP contribution is 2.35. The van der Waals surface area contributed by atoms with Crippen molar-refractivity contribution in [1.29, 1.82) is 0 Å². The maximum atomic E-state index is 13.1. The molecular formula is C18H20ClN5O2S. The van der Waals surface area contributed by atoms with Gasteiger partial charge in [0.25, 0.3) is 11.5 Å². The predicted molar refractivity (Wildman–Crippen MR) is 106 cm³/mol. The topological polar surface area (TPSA) is 81.8 Å². The molecule has 1 atom stereocenters. The smallest absolute Gasteiger partial charge is 0.271 e. The number of carbonyl (C=O) groups is 1. The lowest BCUT2D eigenvalue weighted by atomic mass is 9.89. The van der Waals surface area contributed by atoms with Crippen LogP contribution in [0.3, 0.4) is 0 Å². The molecule has 3 aromatic heterocycles. The molecule has 0 aliphatic heterocycles. The minimum atomic E-state index is -0.531. The van der Waals surface area contributed by atoms with Gasteiger partial charge in [-0.05, 0) is 44.6 Å². The van der Waals surface area contributed by atoms with E-state index >= 15 is 0 Å². The minimum Gasteiger partial charge on any atom is -0.271 e. The fraction of sp³-hybridized carbons (Fsp3) is 0.444. The summed E-state index contributed by atoms with van der Waals surface area (Å²) in [5.41, 5.74) is 3.55. The van der Waals surface area contributed by atoms with Crippen molar-refractivity contribution in [3.63, 3.8) is 0 Å². The summed E-state index contributed by atoms with van der Waals surface area (Å²) in [5, 5.41) is 5.02. The maximum absolute atomic E-state index is 13.1. The number of fused-ring (bicyclic) bond motifs is 3. The van der Waals surface area contributed by atoms with Crippen molar-refractivity contribution in [2.24, 2.45) is 5.92 Å². The van der Waals surface area contributed by atoms with Crippen molar-refractivity contribution in [1.82, 2.24) is 19.4 Å². The van der Waals surface area contributed by atoms with E-state index in [-0.39, 0.29) is 16.3 Å². The van der Waals surface area contributed by atoms with Crippen molar-refractivity contribution in [2.45, 2.75) is 46.6 Å². The summed E-state index contributed by atoms with van der Waals surface area (Å²) >= 11 is 7.70. The number of nitrogens with zero attached hydrogens (tertiary/aromatic N) is 4. The van der Waals surface area contributed by atoms with Gasteiger partial charge in [0.05, 0.1) is 10.4 Å². The van der Waals surface area contributed by atoms with Gasteiger partial charge in [-0.25, -0.2) is 9.66 Å². The number of aromatic nitrogens is 4. The summed E-state index contributed by atoms with van der Waals surface area (Å²) in [6, 6.07) is 0. The van der Waals surface area contributed by atoms with Crippen molar-refractivity contribution in [3.8, 4) is 0 Å². The summed E-state index contributed by atoms with van der Waals surface area (Å²) in [7, 11) is 0. The van der Waals surface area contributed by atoms with Gasteiger partial charge in [-0.15, -0.1) is 11.3 Å². The van der Waals surface area contributed by atoms with Crippen LogP contribution < -0.4 is 11.0 Å². The van der Waals surface area contributed by atoms with E-state index in [9.17, 15) is 9.59 Å². The van der Waals surface area contributed by atoms with Crippen molar-refractivity contribution in [2.75, 3.05) is 5.43 Å². The minimum absolute atomic E-state index is 0.0890. The Morgan fingerprint density at radius 2 is 2.26 bits per heavy atom. The average Bonchev–Trinajstić information content (AvgIpc) is 3.17. The van der Waals surface area contributed by atoms with Crippen LogP contribution in [0.5, 0.6) is 0 Å². The van der Waals surface area contributed by atoms with E-state index in [1.807, 2.05) is 6.92 Å². The molecule has 1 N–H and O–H groups in total. The molecule has 1 aliphatic rings. The number of carbonyl (C=O) groups excluding carboxylic acids is 1. The highest BCUT2D eigenvalue weighted by molar-refractivity contribution is 7.18. The van der Waals surface area contributed by atoms with E-state index in [0.717, 1.165) is 29.7 Å². The summed E-state index contributed by atoms with van der Waals surface area (Å²) < 4.78 is 2.78. The summed E-state index contributed by atoms with van der Waals surface area (Å²) in [5.74, 6) is 0.513. The number of hydrogen-bond acceptors (Lipinski definition) is 5. The fourth-order valence-electron chi connectivity index (χ4n) is 3.49. The second-order valence-electron chi connectivity index (χ2n) is 6.95. The predicted octanol–water partition coefficient (Wildman–Crippen LogP) is 3.14. The molecule has 3 aromatic rings. The summed E-state index contributed by atoms with van der Waals surface area (Å²) in [6.07, 6.45) is 4.50. The summed E-state index contributed by atoms with van der Waals surface area (Å²) in [6.45, 7) is 6.43. The molecule has 7 nitrogen and oxygen atoms in total. The van der Waals surface area contributed by atoms with Gasteiger partial charge < -0.3 is 0 Å².